The summed E-state index contributed by atoms with van der Waals surface area (Å²) in [6.07, 6.45) is 2.37. The highest BCUT2D eigenvalue weighted by Gasteiger charge is 2.26. The molecule has 6 rings (SSSR count). The minimum absolute atomic E-state index is 0.0397. The van der Waals surface area contributed by atoms with Gasteiger partial charge in [-0.3, -0.25) is 4.79 Å². The van der Waals surface area contributed by atoms with Crippen LogP contribution in [-0.4, -0.2) is 56.9 Å². The van der Waals surface area contributed by atoms with E-state index >= 15 is 0 Å². The fraction of sp³-hybridized carbons (Fsp3) is 0.318. The third kappa shape index (κ3) is 3.54. The van der Waals surface area contributed by atoms with E-state index in [-0.39, 0.29) is 17.2 Å². The fourth-order valence-electron chi connectivity index (χ4n) is 4.30. The average Bonchev–Trinajstić information content (AvgIpc) is 3.10. The number of nitrogens with one attached hydrogen (secondary N) is 2. The molecular weight excluding hydrogens is 462 g/mol. The first-order valence-corrected chi connectivity index (χ1v) is 11.8. The van der Waals surface area contributed by atoms with Crippen molar-refractivity contribution < 1.29 is 9.53 Å². The highest BCUT2D eigenvalue weighted by Crippen LogP contribution is 2.40. The molecule has 2 N–H and O–H groups in total. The zero-order chi connectivity index (χ0) is 22.7. The molecule has 9 nitrogen and oxygen atoms in total. The number of carbonyl (C=O) groups excluding carboxylic acids is 1. The molecule has 4 aromatic rings. The number of amides is 1. The minimum Gasteiger partial charge on any atom is -0.418 e. The van der Waals surface area contributed by atoms with Crippen LogP contribution in [0.2, 0.25) is 5.28 Å². The van der Waals surface area contributed by atoms with E-state index in [1.54, 1.807) is 6.20 Å². The SMILES string of the molecule is C[C@@H]1CNc2c(sc3ccc4nc(Oc5nc(Cl)nc6c5CN(C)CC6)cnc4c23)C(=O)N1. The largest absolute Gasteiger partial charge is 0.418 e. The molecule has 11 heteroatoms. The van der Waals surface area contributed by atoms with Crippen LogP contribution in [0.1, 0.15) is 27.9 Å². The number of hydrogen-bond donors (Lipinski definition) is 2. The Morgan fingerprint density at radius 2 is 2.15 bits per heavy atom. The molecule has 0 saturated carbocycles. The maximum atomic E-state index is 12.6. The Kier molecular flexibility index (Phi) is 4.82. The van der Waals surface area contributed by atoms with E-state index in [2.05, 4.69) is 35.5 Å². The first-order valence-electron chi connectivity index (χ1n) is 10.6. The van der Waals surface area contributed by atoms with Crippen molar-refractivity contribution in [3.63, 3.8) is 0 Å². The Balaban J connectivity index is 1.43. The van der Waals surface area contributed by atoms with Crippen LogP contribution in [-0.2, 0) is 13.0 Å². The number of rotatable bonds is 2. The Hall–Kier alpha value is -3.08. The maximum absolute atomic E-state index is 12.6. The van der Waals surface area contributed by atoms with Crippen molar-refractivity contribution in [1.29, 1.82) is 0 Å². The van der Waals surface area contributed by atoms with Gasteiger partial charge in [0.1, 0.15) is 4.88 Å². The van der Waals surface area contributed by atoms with Crippen LogP contribution in [0.5, 0.6) is 11.8 Å². The first-order chi connectivity index (χ1) is 16.0. The van der Waals surface area contributed by atoms with Gasteiger partial charge in [0.05, 0.1) is 34.2 Å². The number of benzene rings is 1. The van der Waals surface area contributed by atoms with Crippen molar-refractivity contribution in [1.82, 2.24) is 30.2 Å². The number of carbonyl (C=O) groups is 1. The smallest absolute Gasteiger partial charge is 0.263 e. The lowest BCUT2D eigenvalue weighted by Gasteiger charge is -2.25. The summed E-state index contributed by atoms with van der Waals surface area (Å²) in [4.78, 5) is 33.5. The van der Waals surface area contributed by atoms with Crippen molar-refractivity contribution in [3.8, 4) is 11.8 Å². The molecule has 1 amide bonds. The molecule has 0 saturated heterocycles. The van der Waals surface area contributed by atoms with Crippen LogP contribution in [0, 0.1) is 0 Å². The topological polar surface area (TPSA) is 105 Å². The molecule has 2 aliphatic rings. The molecule has 3 aromatic heterocycles. The molecule has 0 unspecified atom stereocenters. The van der Waals surface area contributed by atoms with E-state index in [4.69, 9.17) is 16.3 Å². The second-order valence-corrected chi connectivity index (χ2v) is 9.78. The van der Waals surface area contributed by atoms with Crippen molar-refractivity contribution in [3.05, 3.63) is 39.7 Å². The third-order valence-corrected chi connectivity index (χ3v) is 7.22. The monoisotopic (exact) mass is 481 g/mol. The number of halogens is 1. The van der Waals surface area contributed by atoms with Gasteiger partial charge in [0.15, 0.2) is 0 Å². The van der Waals surface area contributed by atoms with Gasteiger partial charge in [-0.05, 0) is 37.7 Å². The normalized spacial score (nSPS) is 18.4. The summed E-state index contributed by atoms with van der Waals surface area (Å²) in [6.45, 7) is 4.20. The van der Waals surface area contributed by atoms with E-state index in [1.807, 2.05) is 26.1 Å². The number of anilines is 1. The molecule has 1 aromatic carbocycles. The van der Waals surface area contributed by atoms with E-state index < -0.39 is 0 Å². The number of nitrogens with zero attached hydrogens (tertiary/aromatic N) is 5. The standard InChI is InChI=1S/C22H20ClN7O2S/c1-10-7-24-18-16-14(33-19(18)20(31)26-10)4-3-13-17(16)25-8-15(27-13)32-21-11-9-30(2)6-5-12(11)28-22(23)29-21/h3-4,8,10,24H,5-7,9H2,1-2H3,(H,26,31)/t10-/m1/s1. The maximum Gasteiger partial charge on any atom is 0.263 e. The molecule has 33 heavy (non-hydrogen) atoms. The summed E-state index contributed by atoms with van der Waals surface area (Å²) < 4.78 is 7.04. The van der Waals surface area contributed by atoms with Gasteiger partial charge in [0.2, 0.25) is 17.0 Å². The van der Waals surface area contributed by atoms with Gasteiger partial charge in [-0.2, -0.15) is 4.98 Å². The molecule has 0 aliphatic carbocycles. The van der Waals surface area contributed by atoms with Crippen molar-refractivity contribution >= 4 is 55.7 Å². The number of thiophene rings is 1. The molecule has 0 spiro atoms. The average molecular weight is 482 g/mol. The summed E-state index contributed by atoms with van der Waals surface area (Å²) in [5.74, 6) is 0.663. The Morgan fingerprint density at radius 1 is 1.27 bits per heavy atom. The van der Waals surface area contributed by atoms with Crippen LogP contribution < -0.4 is 15.4 Å². The summed E-state index contributed by atoms with van der Waals surface area (Å²) in [7, 11) is 2.04. The van der Waals surface area contributed by atoms with Gasteiger partial charge in [-0.15, -0.1) is 11.3 Å². The third-order valence-electron chi connectivity index (χ3n) is 5.90. The van der Waals surface area contributed by atoms with Crippen molar-refractivity contribution in [2.75, 3.05) is 25.5 Å². The first kappa shape index (κ1) is 20.5. The van der Waals surface area contributed by atoms with Crippen LogP contribution in [0.15, 0.2) is 18.3 Å². The van der Waals surface area contributed by atoms with Gasteiger partial charge in [0, 0.05) is 42.2 Å². The van der Waals surface area contributed by atoms with Crippen LogP contribution in [0.25, 0.3) is 21.1 Å². The van der Waals surface area contributed by atoms with Gasteiger partial charge >= 0.3 is 0 Å². The highest BCUT2D eigenvalue weighted by atomic mass is 35.5. The minimum atomic E-state index is -0.0693. The highest BCUT2D eigenvalue weighted by molar-refractivity contribution is 7.21. The number of ether oxygens (including phenoxy) is 1. The molecule has 0 radical (unpaired) electrons. The van der Waals surface area contributed by atoms with Crippen molar-refractivity contribution in [2.45, 2.75) is 25.9 Å². The number of aromatic nitrogens is 4. The van der Waals surface area contributed by atoms with E-state index in [9.17, 15) is 4.79 Å². The Labute approximate surface area is 198 Å². The van der Waals surface area contributed by atoms with Gasteiger partial charge in [-0.1, -0.05) is 0 Å². The lowest BCUT2D eigenvalue weighted by atomic mass is 10.1. The molecule has 0 bridgehead atoms. The zero-order valence-electron chi connectivity index (χ0n) is 18.0. The summed E-state index contributed by atoms with van der Waals surface area (Å²) >= 11 is 7.60. The predicted octanol–water partition coefficient (Wildman–Crippen LogP) is 3.61. The second-order valence-electron chi connectivity index (χ2n) is 8.39. The summed E-state index contributed by atoms with van der Waals surface area (Å²) in [5.41, 5.74) is 4.02. The second kappa shape index (κ2) is 7.75. The van der Waals surface area contributed by atoms with Crippen LogP contribution in [0.3, 0.4) is 0 Å². The van der Waals surface area contributed by atoms with Crippen molar-refractivity contribution in [2.24, 2.45) is 0 Å². The fourth-order valence-corrected chi connectivity index (χ4v) is 5.56. The molecule has 2 aliphatic heterocycles. The number of likely N-dealkylation sites (N-methyl/N-ethyl adjacent to an activating group) is 1. The van der Waals surface area contributed by atoms with Gasteiger partial charge in [-0.25, -0.2) is 15.0 Å². The lowest BCUT2D eigenvalue weighted by Crippen LogP contribution is -2.34. The molecule has 1 atom stereocenters. The molecule has 168 valence electrons. The number of hydrogen-bond acceptors (Lipinski definition) is 9. The van der Waals surface area contributed by atoms with Crippen LogP contribution >= 0.6 is 22.9 Å². The zero-order valence-corrected chi connectivity index (χ0v) is 19.5. The molecule has 5 heterocycles. The predicted molar refractivity (Wildman–Crippen MR) is 127 cm³/mol. The Morgan fingerprint density at radius 3 is 3.03 bits per heavy atom. The molecular formula is C22H20ClN7O2S. The number of fused-ring (bicyclic) bond motifs is 6. The van der Waals surface area contributed by atoms with Gasteiger partial charge < -0.3 is 20.3 Å². The van der Waals surface area contributed by atoms with E-state index in [1.165, 1.54) is 11.3 Å². The Bertz CT molecular complexity index is 1440. The lowest BCUT2D eigenvalue weighted by molar-refractivity contribution is 0.0949. The van der Waals surface area contributed by atoms with E-state index in [0.717, 1.165) is 45.5 Å². The van der Waals surface area contributed by atoms with Crippen LogP contribution in [0.4, 0.5) is 5.69 Å². The molecule has 0 fully saturated rings. The van der Waals surface area contributed by atoms with E-state index in [0.29, 0.717) is 35.2 Å². The van der Waals surface area contributed by atoms with Gasteiger partial charge in [0.25, 0.3) is 5.91 Å². The summed E-state index contributed by atoms with van der Waals surface area (Å²) in [6, 6.07) is 3.90. The summed E-state index contributed by atoms with van der Waals surface area (Å²) in [5, 5.41) is 7.47. The quantitative estimate of drug-likeness (QED) is 0.418.